The quantitative estimate of drug-likeness (QED) is 0.621. The Morgan fingerprint density at radius 1 is 1.35 bits per heavy atom. The molecule has 20 heavy (non-hydrogen) atoms. The second-order valence-corrected chi connectivity index (χ2v) is 4.86. The number of nitrogens with zero attached hydrogens (tertiary/aromatic N) is 2. The summed E-state index contributed by atoms with van der Waals surface area (Å²) in [4.78, 5) is 0. The number of nitrogens with one attached hydrogen (secondary N) is 1. The van der Waals surface area contributed by atoms with E-state index in [2.05, 4.69) is 42.6 Å². The van der Waals surface area contributed by atoms with E-state index in [-0.39, 0.29) is 6.04 Å². The summed E-state index contributed by atoms with van der Waals surface area (Å²) in [6, 6.07) is 8.17. The Labute approximate surface area is 119 Å². The van der Waals surface area contributed by atoms with Gasteiger partial charge in [-0.05, 0) is 36.6 Å². The Morgan fingerprint density at radius 3 is 2.85 bits per heavy atom. The normalized spacial score (nSPS) is 12.6. The highest BCUT2D eigenvalue weighted by molar-refractivity contribution is 5.38. The van der Waals surface area contributed by atoms with Crippen LogP contribution in [0, 0.1) is 13.8 Å². The van der Waals surface area contributed by atoms with Crippen molar-refractivity contribution in [2.24, 2.45) is 5.84 Å². The molecule has 5 heteroatoms. The SMILES string of the molecule is COCCn1nccc1C(NN)c1cccc(C)c1C. The lowest BCUT2D eigenvalue weighted by Gasteiger charge is -2.21. The lowest BCUT2D eigenvalue weighted by atomic mass is 9.96. The summed E-state index contributed by atoms with van der Waals surface area (Å²) in [7, 11) is 1.69. The molecule has 1 aromatic carbocycles. The van der Waals surface area contributed by atoms with E-state index in [0.717, 1.165) is 5.69 Å². The average Bonchev–Trinajstić information content (AvgIpc) is 2.90. The fraction of sp³-hybridized carbons (Fsp3) is 0.400. The largest absolute Gasteiger partial charge is 0.383 e. The maximum Gasteiger partial charge on any atom is 0.0881 e. The molecule has 2 rings (SSSR count). The number of aromatic nitrogens is 2. The summed E-state index contributed by atoms with van der Waals surface area (Å²) in [6.45, 7) is 5.56. The lowest BCUT2D eigenvalue weighted by Crippen LogP contribution is -2.31. The van der Waals surface area contributed by atoms with Crippen LogP contribution in [0.15, 0.2) is 30.5 Å². The van der Waals surface area contributed by atoms with E-state index in [1.807, 2.05) is 10.7 Å². The van der Waals surface area contributed by atoms with E-state index < -0.39 is 0 Å². The topological polar surface area (TPSA) is 65.1 Å². The van der Waals surface area contributed by atoms with Crippen LogP contribution in [0.1, 0.15) is 28.4 Å². The molecule has 0 saturated heterocycles. The first-order valence-corrected chi connectivity index (χ1v) is 6.72. The molecule has 0 aliphatic rings. The second-order valence-electron chi connectivity index (χ2n) is 4.86. The first-order chi connectivity index (χ1) is 9.69. The number of hydrazine groups is 1. The van der Waals surface area contributed by atoms with Crippen LogP contribution in [0.5, 0.6) is 0 Å². The molecule has 0 saturated carbocycles. The van der Waals surface area contributed by atoms with Gasteiger partial charge >= 0.3 is 0 Å². The summed E-state index contributed by atoms with van der Waals surface area (Å²) in [6.07, 6.45) is 1.79. The predicted octanol–water partition coefficient (Wildman–Crippen LogP) is 1.70. The number of methoxy groups -OCH3 is 1. The minimum absolute atomic E-state index is 0.0748. The molecule has 1 unspecified atom stereocenters. The van der Waals surface area contributed by atoms with Crippen molar-refractivity contribution in [3.63, 3.8) is 0 Å². The maximum absolute atomic E-state index is 5.79. The predicted molar refractivity (Wildman–Crippen MR) is 79.2 cm³/mol. The molecule has 2 aromatic rings. The van der Waals surface area contributed by atoms with Crippen LogP contribution in [-0.4, -0.2) is 23.5 Å². The molecular weight excluding hydrogens is 252 g/mol. The molecule has 0 spiro atoms. The van der Waals surface area contributed by atoms with Crippen molar-refractivity contribution in [1.29, 1.82) is 0 Å². The van der Waals surface area contributed by atoms with Gasteiger partial charge in [-0.3, -0.25) is 10.5 Å². The van der Waals surface area contributed by atoms with Gasteiger partial charge in [0, 0.05) is 13.3 Å². The van der Waals surface area contributed by atoms with Crippen molar-refractivity contribution in [2.45, 2.75) is 26.4 Å². The third kappa shape index (κ3) is 2.90. The first-order valence-electron chi connectivity index (χ1n) is 6.72. The van der Waals surface area contributed by atoms with Crippen LogP contribution in [0.25, 0.3) is 0 Å². The van der Waals surface area contributed by atoms with Gasteiger partial charge in [0.1, 0.15) is 0 Å². The highest BCUT2D eigenvalue weighted by atomic mass is 16.5. The van der Waals surface area contributed by atoms with Crippen LogP contribution >= 0.6 is 0 Å². The van der Waals surface area contributed by atoms with E-state index in [0.29, 0.717) is 13.2 Å². The standard InChI is InChI=1S/C15H22N4O/c1-11-5-4-6-13(12(11)2)15(18-16)14-7-8-17-19(14)9-10-20-3/h4-8,15,18H,9-10,16H2,1-3H3. The average molecular weight is 274 g/mol. The van der Waals surface area contributed by atoms with E-state index in [4.69, 9.17) is 10.6 Å². The van der Waals surface area contributed by atoms with Gasteiger partial charge in [-0.15, -0.1) is 0 Å². The summed E-state index contributed by atoms with van der Waals surface area (Å²) in [5.41, 5.74) is 7.62. The summed E-state index contributed by atoms with van der Waals surface area (Å²) >= 11 is 0. The highest BCUT2D eigenvalue weighted by Crippen LogP contribution is 2.25. The van der Waals surface area contributed by atoms with E-state index in [1.165, 1.54) is 16.7 Å². The lowest BCUT2D eigenvalue weighted by molar-refractivity contribution is 0.182. The molecule has 5 nitrogen and oxygen atoms in total. The molecule has 1 heterocycles. The van der Waals surface area contributed by atoms with Crippen molar-refractivity contribution in [3.05, 3.63) is 52.8 Å². The Balaban J connectivity index is 2.37. The zero-order chi connectivity index (χ0) is 14.5. The fourth-order valence-electron chi connectivity index (χ4n) is 2.37. The maximum atomic E-state index is 5.79. The van der Waals surface area contributed by atoms with Crippen molar-refractivity contribution in [2.75, 3.05) is 13.7 Å². The molecule has 1 aromatic heterocycles. The first kappa shape index (κ1) is 14.7. The number of benzene rings is 1. The zero-order valence-electron chi connectivity index (χ0n) is 12.3. The minimum Gasteiger partial charge on any atom is -0.383 e. The van der Waals surface area contributed by atoms with Gasteiger partial charge in [0.25, 0.3) is 0 Å². The number of aryl methyl sites for hydroxylation is 1. The van der Waals surface area contributed by atoms with Crippen molar-refractivity contribution in [3.8, 4) is 0 Å². The van der Waals surface area contributed by atoms with Crippen LogP contribution < -0.4 is 11.3 Å². The van der Waals surface area contributed by atoms with Crippen LogP contribution in [0.2, 0.25) is 0 Å². The van der Waals surface area contributed by atoms with Crippen LogP contribution in [0.3, 0.4) is 0 Å². The van der Waals surface area contributed by atoms with Gasteiger partial charge < -0.3 is 4.74 Å². The molecule has 3 N–H and O–H groups in total. The van der Waals surface area contributed by atoms with Gasteiger partial charge in [0.05, 0.1) is 24.9 Å². The summed E-state index contributed by atoms with van der Waals surface area (Å²) in [5.74, 6) is 5.79. The second kappa shape index (κ2) is 6.65. The molecule has 0 aliphatic heterocycles. The van der Waals surface area contributed by atoms with E-state index in [9.17, 15) is 0 Å². The molecule has 0 amide bonds. The van der Waals surface area contributed by atoms with E-state index >= 15 is 0 Å². The number of ether oxygens (including phenoxy) is 1. The van der Waals surface area contributed by atoms with Crippen molar-refractivity contribution < 1.29 is 4.74 Å². The monoisotopic (exact) mass is 274 g/mol. The third-order valence-electron chi connectivity index (χ3n) is 3.68. The molecule has 0 aliphatic carbocycles. The van der Waals surface area contributed by atoms with Gasteiger partial charge in [-0.2, -0.15) is 5.10 Å². The molecule has 108 valence electrons. The Bertz CT molecular complexity index is 565. The van der Waals surface area contributed by atoms with Gasteiger partial charge in [0.15, 0.2) is 0 Å². The minimum atomic E-state index is -0.0748. The van der Waals surface area contributed by atoms with Crippen LogP contribution in [0.4, 0.5) is 0 Å². The Hall–Kier alpha value is -1.69. The molecule has 1 atom stereocenters. The molecular formula is C15H22N4O. The smallest absolute Gasteiger partial charge is 0.0881 e. The highest BCUT2D eigenvalue weighted by Gasteiger charge is 2.19. The Morgan fingerprint density at radius 2 is 2.15 bits per heavy atom. The van der Waals surface area contributed by atoms with Gasteiger partial charge in [-0.1, -0.05) is 18.2 Å². The van der Waals surface area contributed by atoms with Gasteiger partial charge in [0.2, 0.25) is 0 Å². The molecule has 0 bridgehead atoms. The van der Waals surface area contributed by atoms with Crippen LogP contribution in [-0.2, 0) is 11.3 Å². The summed E-state index contributed by atoms with van der Waals surface area (Å²) < 4.78 is 7.05. The number of hydrogen-bond donors (Lipinski definition) is 2. The van der Waals surface area contributed by atoms with E-state index in [1.54, 1.807) is 13.3 Å². The Kier molecular flexibility index (Phi) is 4.89. The van der Waals surface area contributed by atoms with Gasteiger partial charge in [-0.25, -0.2) is 5.43 Å². The molecule has 0 radical (unpaired) electrons. The summed E-state index contributed by atoms with van der Waals surface area (Å²) in [5, 5.41) is 4.34. The van der Waals surface area contributed by atoms with Crippen molar-refractivity contribution >= 4 is 0 Å². The molecule has 0 fully saturated rings. The number of hydrogen-bond acceptors (Lipinski definition) is 4. The van der Waals surface area contributed by atoms with Crippen molar-refractivity contribution in [1.82, 2.24) is 15.2 Å². The number of nitrogens with two attached hydrogens (primary N) is 1. The third-order valence-corrected chi connectivity index (χ3v) is 3.68. The number of rotatable bonds is 6. The fourth-order valence-corrected chi connectivity index (χ4v) is 2.37. The zero-order valence-corrected chi connectivity index (χ0v) is 12.3.